The normalized spacial score (nSPS) is 10.1. The van der Waals surface area contributed by atoms with Gasteiger partial charge in [0.2, 0.25) is 5.13 Å². The highest BCUT2D eigenvalue weighted by Crippen LogP contribution is 2.31. The highest BCUT2D eigenvalue weighted by molar-refractivity contribution is 7.16. The van der Waals surface area contributed by atoms with Gasteiger partial charge in [-0.2, -0.15) is 5.10 Å². The fourth-order valence-corrected chi connectivity index (χ4v) is 2.54. The molecular weight excluding hydrogens is 274 g/mol. The van der Waals surface area contributed by atoms with Gasteiger partial charge < -0.3 is 9.90 Å². The zero-order valence-corrected chi connectivity index (χ0v) is 12.0. The Morgan fingerprint density at radius 3 is 2.65 bits per heavy atom. The number of anilines is 1. The molecule has 1 N–H and O–H groups in total. The molecule has 0 aliphatic rings. The first-order valence-corrected chi connectivity index (χ1v) is 6.90. The van der Waals surface area contributed by atoms with Crippen molar-refractivity contribution in [3.8, 4) is 11.3 Å². The number of aliphatic carboxylic acids is 1. The first kappa shape index (κ1) is 14.2. The zero-order valence-electron chi connectivity index (χ0n) is 11.2. The Hall–Kier alpha value is -2.21. The molecule has 1 heterocycles. The molecule has 0 radical (unpaired) electrons. The van der Waals surface area contributed by atoms with Crippen molar-refractivity contribution in [2.75, 3.05) is 5.43 Å². The molecular formula is C14H14N3O2S-. The quantitative estimate of drug-likeness (QED) is 0.673. The second-order valence-corrected chi connectivity index (χ2v) is 5.46. The van der Waals surface area contributed by atoms with E-state index in [0.717, 1.165) is 11.3 Å². The molecule has 5 nitrogen and oxygen atoms in total. The summed E-state index contributed by atoms with van der Waals surface area (Å²) in [4.78, 5) is 15.9. The molecule has 20 heavy (non-hydrogen) atoms. The maximum Gasteiger partial charge on any atom is 0.204 e. The predicted octanol–water partition coefficient (Wildman–Crippen LogP) is 1.91. The van der Waals surface area contributed by atoms with E-state index in [1.54, 1.807) is 0 Å². The topological polar surface area (TPSA) is 77.4 Å². The fraction of sp³-hybridized carbons (Fsp3) is 0.214. The van der Waals surface area contributed by atoms with Gasteiger partial charge >= 0.3 is 0 Å². The largest absolute Gasteiger partial charge is 0.550 e. The van der Waals surface area contributed by atoms with Crippen molar-refractivity contribution in [3.63, 3.8) is 0 Å². The number of thiazole rings is 1. The van der Waals surface area contributed by atoms with Crippen LogP contribution in [0.1, 0.15) is 18.7 Å². The Morgan fingerprint density at radius 2 is 2.05 bits per heavy atom. The van der Waals surface area contributed by atoms with Crippen molar-refractivity contribution in [1.82, 2.24) is 4.98 Å². The summed E-state index contributed by atoms with van der Waals surface area (Å²) in [6.45, 7) is 3.72. The van der Waals surface area contributed by atoms with Gasteiger partial charge in [-0.25, -0.2) is 4.98 Å². The molecule has 0 spiro atoms. The summed E-state index contributed by atoms with van der Waals surface area (Å²) in [7, 11) is 0. The van der Waals surface area contributed by atoms with E-state index in [4.69, 9.17) is 0 Å². The third-order valence-electron chi connectivity index (χ3n) is 2.42. The van der Waals surface area contributed by atoms with E-state index < -0.39 is 5.97 Å². The van der Waals surface area contributed by atoms with Crippen molar-refractivity contribution in [2.45, 2.75) is 20.3 Å². The van der Waals surface area contributed by atoms with Crippen molar-refractivity contribution in [2.24, 2.45) is 5.10 Å². The summed E-state index contributed by atoms with van der Waals surface area (Å²) in [5, 5.41) is 15.5. The van der Waals surface area contributed by atoms with Gasteiger partial charge in [0.25, 0.3) is 0 Å². The van der Waals surface area contributed by atoms with E-state index in [9.17, 15) is 9.90 Å². The number of nitrogens with zero attached hydrogens (tertiary/aromatic N) is 2. The van der Waals surface area contributed by atoms with E-state index in [0.29, 0.717) is 15.7 Å². The Kier molecular flexibility index (Phi) is 4.47. The van der Waals surface area contributed by atoms with E-state index in [2.05, 4.69) is 15.5 Å². The molecule has 0 bridgehead atoms. The van der Waals surface area contributed by atoms with Crippen LogP contribution in [0.2, 0.25) is 0 Å². The molecule has 0 saturated carbocycles. The van der Waals surface area contributed by atoms with Gasteiger partial charge in [-0.05, 0) is 13.8 Å². The molecule has 0 saturated heterocycles. The van der Waals surface area contributed by atoms with Gasteiger partial charge in [0.15, 0.2) is 0 Å². The van der Waals surface area contributed by atoms with Crippen molar-refractivity contribution in [1.29, 1.82) is 0 Å². The summed E-state index contributed by atoms with van der Waals surface area (Å²) in [6, 6.07) is 9.47. The van der Waals surface area contributed by atoms with Crippen LogP contribution in [-0.4, -0.2) is 16.7 Å². The second kappa shape index (κ2) is 6.29. The lowest BCUT2D eigenvalue weighted by atomic mass is 10.1. The highest BCUT2D eigenvalue weighted by Gasteiger charge is 2.13. The Morgan fingerprint density at radius 1 is 1.35 bits per heavy atom. The van der Waals surface area contributed by atoms with Crippen LogP contribution in [0.15, 0.2) is 35.4 Å². The highest BCUT2D eigenvalue weighted by atomic mass is 32.1. The average Bonchev–Trinajstić information content (AvgIpc) is 2.79. The lowest BCUT2D eigenvalue weighted by molar-refractivity contribution is -0.304. The van der Waals surface area contributed by atoms with Gasteiger partial charge in [-0.3, -0.25) is 5.43 Å². The molecule has 6 heteroatoms. The number of nitrogens with one attached hydrogen (secondary N) is 1. The fourth-order valence-electron chi connectivity index (χ4n) is 1.63. The van der Waals surface area contributed by atoms with Crippen LogP contribution >= 0.6 is 11.3 Å². The van der Waals surface area contributed by atoms with Gasteiger partial charge in [-0.1, -0.05) is 41.7 Å². The molecule has 0 aliphatic heterocycles. The zero-order chi connectivity index (χ0) is 14.5. The van der Waals surface area contributed by atoms with Crippen LogP contribution in [-0.2, 0) is 11.2 Å². The number of aromatic nitrogens is 1. The summed E-state index contributed by atoms with van der Waals surface area (Å²) in [5.74, 6) is -1.12. The molecule has 0 amide bonds. The van der Waals surface area contributed by atoms with Crippen LogP contribution in [0.3, 0.4) is 0 Å². The van der Waals surface area contributed by atoms with Crippen LogP contribution in [0.5, 0.6) is 0 Å². The lowest BCUT2D eigenvalue weighted by Crippen LogP contribution is -2.24. The Balaban J connectivity index is 2.37. The summed E-state index contributed by atoms with van der Waals surface area (Å²) in [5.41, 5.74) is 5.23. The van der Waals surface area contributed by atoms with Gasteiger partial charge in [-0.15, -0.1) is 0 Å². The number of carbonyl (C=O) groups is 1. The number of carbonyl (C=O) groups excluding carboxylic acids is 1. The number of carboxylic acids is 1. The molecule has 2 rings (SSSR count). The van der Waals surface area contributed by atoms with E-state index in [1.165, 1.54) is 11.3 Å². The molecule has 1 aromatic heterocycles. The van der Waals surface area contributed by atoms with Gasteiger partial charge in [0, 0.05) is 28.5 Å². The smallest absolute Gasteiger partial charge is 0.204 e. The SMILES string of the molecule is CC(C)=NNc1nc(-c2ccccc2)c(CC(=O)[O-])s1. The molecule has 0 aliphatic carbocycles. The molecule has 104 valence electrons. The monoisotopic (exact) mass is 288 g/mol. The standard InChI is InChI=1S/C14H15N3O2S/c1-9(2)16-17-14-15-13(10-6-4-3-5-7-10)11(20-14)8-12(18)19/h3-7H,8H2,1-2H3,(H,15,17)(H,18,19)/p-1. The van der Waals surface area contributed by atoms with Gasteiger partial charge in [0.05, 0.1) is 5.69 Å². The van der Waals surface area contributed by atoms with Crippen LogP contribution in [0, 0.1) is 0 Å². The number of rotatable bonds is 5. The second-order valence-electron chi connectivity index (χ2n) is 4.38. The minimum Gasteiger partial charge on any atom is -0.550 e. The van der Waals surface area contributed by atoms with Crippen molar-refractivity contribution >= 4 is 28.1 Å². The average molecular weight is 288 g/mol. The first-order valence-electron chi connectivity index (χ1n) is 6.08. The number of benzene rings is 1. The number of hydrogen-bond donors (Lipinski definition) is 1. The summed E-state index contributed by atoms with van der Waals surface area (Å²) >= 11 is 1.27. The van der Waals surface area contributed by atoms with Crippen molar-refractivity contribution in [3.05, 3.63) is 35.2 Å². The number of hydrazone groups is 1. The molecule has 0 atom stereocenters. The van der Waals surface area contributed by atoms with Crippen LogP contribution in [0.25, 0.3) is 11.3 Å². The van der Waals surface area contributed by atoms with Gasteiger partial charge in [0.1, 0.15) is 0 Å². The first-order chi connectivity index (χ1) is 9.56. The minimum atomic E-state index is -1.12. The maximum atomic E-state index is 10.8. The third kappa shape index (κ3) is 3.64. The molecule has 0 unspecified atom stereocenters. The maximum absolute atomic E-state index is 10.8. The summed E-state index contributed by atoms with van der Waals surface area (Å²) in [6.07, 6.45) is -0.154. The van der Waals surface area contributed by atoms with E-state index in [-0.39, 0.29) is 6.42 Å². The van der Waals surface area contributed by atoms with Crippen LogP contribution < -0.4 is 10.5 Å². The Bertz CT molecular complexity index is 631. The van der Waals surface area contributed by atoms with Crippen molar-refractivity contribution < 1.29 is 9.90 Å². The Labute approximate surface area is 121 Å². The lowest BCUT2D eigenvalue weighted by Gasteiger charge is -2.02. The van der Waals surface area contributed by atoms with E-state index in [1.807, 2.05) is 44.2 Å². The minimum absolute atomic E-state index is 0.154. The number of hydrogen-bond acceptors (Lipinski definition) is 6. The molecule has 1 aromatic carbocycles. The molecule has 0 fully saturated rings. The number of carboxylic acid groups (broad SMARTS) is 1. The third-order valence-corrected chi connectivity index (χ3v) is 3.38. The predicted molar refractivity (Wildman–Crippen MR) is 78.7 cm³/mol. The van der Waals surface area contributed by atoms with Crippen LogP contribution in [0.4, 0.5) is 5.13 Å². The molecule has 2 aromatic rings. The summed E-state index contributed by atoms with van der Waals surface area (Å²) < 4.78 is 0. The van der Waals surface area contributed by atoms with E-state index >= 15 is 0 Å².